The Morgan fingerprint density at radius 2 is 1.95 bits per heavy atom. The van der Waals surface area contributed by atoms with Crippen LogP contribution >= 0.6 is 11.3 Å². The van der Waals surface area contributed by atoms with Crippen LogP contribution in [-0.2, 0) is 22.4 Å². The van der Waals surface area contributed by atoms with Crippen molar-refractivity contribution < 1.29 is 14.4 Å². The lowest BCUT2D eigenvalue weighted by Crippen LogP contribution is -2.49. The van der Waals surface area contributed by atoms with E-state index >= 15 is 0 Å². The van der Waals surface area contributed by atoms with E-state index in [2.05, 4.69) is 22.9 Å². The maximum absolute atomic E-state index is 14.3. The van der Waals surface area contributed by atoms with Gasteiger partial charge >= 0.3 is 0 Å². The van der Waals surface area contributed by atoms with Gasteiger partial charge in [0.05, 0.1) is 18.1 Å². The molecule has 1 aliphatic carbocycles. The van der Waals surface area contributed by atoms with Gasteiger partial charge in [-0.05, 0) is 47.7 Å². The number of thiophene rings is 1. The number of benzene rings is 1. The number of likely N-dealkylation sites (tertiary alicyclic amines) is 1. The number of nitriles is 1. The number of nitrogens with zero attached hydrogens (tertiary/aromatic N) is 4. The molecule has 206 valence electrons. The monoisotopic (exact) mass is 563 g/mol. The Morgan fingerprint density at radius 1 is 1.17 bits per heavy atom. The van der Waals surface area contributed by atoms with Crippen LogP contribution in [0.5, 0.6) is 0 Å². The fraction of sp³-hybridized carbons (Fsp3) is 0.281. The van der Waals surface area contributed by atoms with Crippen molar-refractivity contribution >= 4 is 28.9 Å². The molecule has 6 rings (SSSR count). The van der Waals surface area contributed by atoms with Gasteiger partial charge in [-0.3, -0.25) is 24.3 Å². The average Bonchev–Trinajstić information content (AvgIpc) is 3.37. The number of fused-ring (bicyclic) bond motifs is 1. The van der Waals surface area contributed by atoms with Crippen molar-refractivity contribution in [1.82, 2.24) is 20.1 Å². The van der Waals surface area contributed by atoms with Crippen LogP contribution in [0, 0.1) is 23.2 Å². The third kappa shape index (κ3) is 5.07. The zero-order valence-electron chi connectivity index (χ0n) is 22.4. The summed E-state index contributed by atoms with van der Waals surface area (Å²) in [4.78, 5) is 49.4. The highest BCUT2D eigenvalue weighted by Gasteiger charge is 2.64. The molecule has 8 nitrogen and oxygen atoms in total. The van der Waals surface area contributed by atoms with Crippen LogP contribution in [0.1, 0.15) is 32.8 Å². The Hall–Kier alpha value is -4.55. The summed E-state index contributed by atoms with van der Waals surface area (Å²) in [5, 5.41) is 14.7. The van der Waals surface area contributed by atoms with Gasteiger partial charge in [0.1, 0.15) is 11.4 Å². The molecule has 1 unspecified atom stereocenters. The number of hydrogen-bond acceptors (Lipinski definition) is 7. The minimum Gasteiger partial charge on any atom is -0.357 e. The second kappa shape index (κ2) is 10.8. The molecule has 41 heavy (non-hydrogen) atoms. The van der Waals surface area contributed by atoms with Crippen molar-refractivity contribution in [2.75, 3.05) is 13.1 Å². The largest absolute Gasteiger partial charge is 0.357 e. The molecule has 4 atom stereocenters. The maximum atomic E-state index is 14.3. The first-order valence-corrected chi connectivity index (χ1v) is 14.5. The molecule has 2 aliphatic heterocycles. The van der Waals surface area contributed by atoms with Gasteiger partial charge in [-0.15, -0.1) is 17.9 Å². The van der Waals surface area contributed by atoms with Crippen molar-refractivity contribution in [3.8, 4) is 6.07 Å². The van der Waals surface area contributed by atoms with Gasteiger partial charge in [0.2, 0.25) is 5.91 Å². The number of hydrogen-bond donors (Lipinski definition) is 1. The summed E-state index contributed by atoms with van der Waals surface area (Å²) >= 11 is 1.58. The van der Waals surface area contributed by atoms with E-state index in [0.29, 0.717) is 49.3 Å². The molecule has 2 aromatic heterocycles. The number of rotatable bonds is 9. The molecular formula is C32H29N5O3S. The third-order valence-corrected chi connectivity index (χ3v) is 9.13. The summed E-state index contributed by atoms with van der Waals surface area (Å²) in [5.74, 6) is 0.456. The molecule has 9 heteroatoms. The summed E-state index contributed by atoms with van der Waals surface area (Å²) in [7, 11) is 0. The third-order valence-electron chi connectivity index (χ3n) is 8.25. The smallest absolute Gasteiger partial charge is 0.254 e. The fourth-order valence-electron chi connectivity index (χ4n) is 6.23. The molecule has 3 aliphatic rings. The van der Waals surface area contributed by atoms with Gasteiger partial charge in [0.15, 0.2) is 5.78 Å². The van der Waals surface area contributed by atoms with Crippen LogP contribution in [0.3, 0.4) is 0 Å². The van der Waals surface area contributed by atoms with E-state index in [0.717, 1.165) is 10.4 Å². The highest BCUT2D eigenvalue weighted by molar-refractivity contribution is 7.10. The van der Waals surface area contributed by atoms with E-state index in [1.165, 1.54) is 6.08 Å². The quantitative estimate of drug-likeness (QED) is 0.242. The second-order valence-electron chi connectivity index (χ2n) is 10.9. The number of carbonyl (C=O) groups is 3. The lowest BCUT2D eigenvalue weighted by molar-refractivity contribution is -0.133. The van der Waals surface area contributed by atoms with E-state index in [1.54, 1.807) is 59.0 Å². The van der Waals surface area contributed by atoms with Crippen LogP contribution in [0.25, 0.3) is 0 Å². The molecule has 4 heterocycles. The van der Waals surface area contributed by atoms with Crippen LogP contribution < -0.4 is 5.32 Å². The predicted molar refractivity (Wildman–Crippen MR) is 154 cm³/mol. The summed E-state index contributed by atoms with van der Waals surface area (Å²) in [5.41, 5.74) is 0.708. The zero-order valence-corrected chi connectivity index (χ0v) is 23.2. The molecule has 0 radical (unpaired) electrons. The maximum Gasteiger partial charge on any atom is 0.254 e. The van der Waals surface area contributed by atoms with E-state index < -0.39 is 5.54 Å². The van der Waals surface area contributed by atoms with Crippen molar-refractivity contribution in [3.63, 3.8) is 0 Å². The minimum absolute atomic E-state index is 0.102. The number of allylic oxidation sites excluding steroid dienone is 1. The summed E-state index contributed by atoms with van der Waals surface area (Å²) in [6, 6.07) is 16.2. The van der Waals surface area contributed by atoms with E-state index in [4.69, 9.17) is 0 Å². The fourth-order valence-corrected chi connectivity index (χ4v) is 6.93. The van der Waals surface area contributed by atoms with E-state index in [-0.39, 0.29) is 35.5 Å². The predicted octanol–water partition coefficient (Wildman–Crippen LogP) is 3.73. The van der Waals surface area contributed by atoms with Crippen molar-refractivity contribution in [2.45, 2.75) is 30.8 Å². The molecule has 1 aromatic carbocycles. The first kappa shape index (κ1) is 26.7. The van der Waals surface area contributed by atoms with Crippen LogP contribution in [0.4, 0.5) is 0 Å². The molecule has 2 amide bonds. The van der Waals surface area contributed by atoms with Crippen molar-refractivity contribution in [1.29, 1.82) is 5.26 Å². The Balaban J connectivity index is 1.28. The number of amides is 2. The van der Waals surface area contributed by atoms with Gasteiger partial charge in [0, 0.05) is 66.3 Å². The highest BCUT2D eigenvalue weighted by atomic mass is 32.1. The van der Waals surface area contributed by atoms with Crippen LogP contribution in [0.2, 0.25) is 0 Å². The molecule has 3 fully saturated rings. The number of carbonyl (C=O) groups excluding carboxylic acids is 3. The number of nitrogens with one attached hydrogen (secondary N) is 1. The highest BCUT2D eigenvalue weighted by Crippen LogP contribution is 2.52. The zero-order chi connectivity index (χ0) is 28.6. The molecule has 1 saturated carbocycles. The topological polar surface area (TPSA) is 106 Å². The SMILES string of the molecule is C=CCC1(Cc2ccncc2)N/C(=C\C(=O)c2cccc(C#N)c2)N([C@H]2[C@@H]3CN(C(=O)Cc4cccs4)C[C@@H]32)C1=O. The summed E-state index contributed by atoms with van der Waals surface area (Å²) in [6.07, 6.45) is 7.76. The first-order valence-electron chi connectivity index (χ1n) is 13.6. The summed E-state index contributed by atoms with van der Waals surface area (Å²) < 4.78 is 0. The molecular weight excluding hydrogens is 534 g/mol. The van der Waals surface area contributed by atoms with Gasteiger partial charge < -0.3 is 10.2 Å². The van der Waals surface area contributed by atoms with Gasteiger partial charge in [-0.2, -0.15) is 5.26 Å². The molecule has 1 N–H and O–H groups in total. The Kier molecular flexibility index (Phi) is 7.01. The lowest BCUT2D eigenvalue weighted by Gasteiger charge is -2.27. The Bertz CT molecular complexity index is 1570. The van der Waals surface area contributed by atoms with Crippen molar-refractivity contribution in [3.05, 3.63) is 112 Å². The number of aromatic nitrogens is 1. The van der Waals surface area contributed by atoms with Gasteiger partial charge in [-0.1, -0.05) is 24.3 Å². The van der Waals surface area contributed by atoms with E-state index in [9.17, 15) is 19.6 Å². The van der Waals surface area contributed by atoms with Gasteiger partial charge in [0.25, 0.3) is 5.91 Å². The molecule has 3 aromatic rings. The van der Waals surface area contributed by atoms with E-state index in [1.807, 2.05) is 34.5 Å². The number of ketones is 1. The molecule has 0 bridgehead atoms. The summed E-state index contributed by atoms with van der Waals surface area (Å²) in [6.45, 7) is 5.10. The van der Waals surface area contributed by atoms with Gasteiger partial charge in [-0.25, -0.2) is 0 Å². The molecule has 2 saturated heterocycles. The van der Waals surface area contributed by atoms with Crippen LogP contribution in [-0.4, -0.2) is 57.1 Å². The standard InChI is InChI=1S/C32H29N5O3S/c1-2-10-32(17-21-8-11-34-12-9-21)31(40)37(28(35-32)16-27(38)23-6-3-5-22(14-23)18-33)30-25-19-36(20-26(25)30)29(39)15-24-7-4-13-41-24/h2-9,11-14,16,25-26,30,35H,1,10,15,17,19-20H2/b28-16+/t25-,26+,30+,32?. The number of piperidine rings is 1. The Labute approximate surface area is 242 Å². The normalized spacial score (nSPS) is 25.5. The number of pyridine rings is 1. The minimum atomic E-state index is -1.00. The Morgan fingerprint density at radius 3 is 2.63 bits per heavy atom. The van der Waals surface area contributed by atoms with Crippen LogP contribution in [0.15, 0.2) is 90.9 Å². The van der Waals surface area contributed by atoms with Crippen molar-refractivity contribution in [2.24, 2.45) is 11.8 Å². The molecule has 0 spiro atoms. The second-order valence-corrected chi connectivity index (χ2v) is 11.9. The first-order chi connectivity index (χ1) is 19.9. The average molecular weight is 564 g/mol. The lowest BCUT2D eigenvalue weighted by atomic mass is 9.87.